The summed E-state index contributed by atoms with van der Waals surface area (Å²) in [4.78, 5) is 37.2. The van der Waals surface area contributed by atoms with Gasteiger partial charge in [0.15, 0.2) is 0 Å². The fraction of sp³-hybridized carbons (Fsp3) is 0.438. The molecule has 1 aliphatic heterocycles. The molecule has 3 rings (SSSR count). The predicted molar refractivity (Wildman–Crippen MR) is 78.7 cm³/mol. The molecule has 110 valence electrons. The summed E-state index contributed by atoms with van der Waals surface area (Å²) in [6.07, 6.45) is 3.68. The summed E-state index contributed by atoms with van der Waals surface area (Å²) in [6, 6.07) is 6.83. The second-order valence-corrected chi connectivity index (χ2v) is 5.74. The molecule has 0 spiro atoms. The Morgan fingerprint density at radius 1 is 1.05 bits per heavy atom. The zero-order chi connectivity index (χ0) is 15.0. The quantitative estimate of drug-likeness (QED) is 0.848. The summed E-state index contributed by atoms with van der Waals surface area (Å²) >= 11 is 0. The van der Waals surface area contributed by atoms with Crippen LogP contribution in [0.5, 0.6) is 0 Å². The number of carbonyl (C=O) groups excluding carboxylic acids is 3. The topological polar surface area (TPSA) is 66.5 Å². The first-order valence-electron chi connectivity index (χ1n) is 7.33. The molecule has 1 saturated heterocycles. The van der Waals surface area contributed by atoms with Crippen molar-refractivity contribution >= 4 is 29.1 Å². The molecule has 2 atom stereocenters. The van der Waals surface area contributed by atoms with Gasteiger partial charge in [0.2, 0.25) is 17.7 Å². The van der Waals surface area contributed by atoms with Crippen LogP contribution in [0.1, 0.15) is 32.6 Å². The van der Waals surface area contributed by atoms with Crippen LogP contribution in [0.25, 0.3) is 0 Å². The SMILES string of the molecule is CC(=O)Nc1ccc(N2C(=O)[C@@H]3CCCC[C@H]3C2=O)cc1. The molecule has 2 fully saturated rings. The fourth-order valence-corrected chi connectivity index (χ4v) is 3.31. The number of hydrogen-bond acceptors (Lipinski definition) is 3. The van der Waals surface area contributed by atoms with Gasteiger partial charge in [-0.2, -0.15) is 0 Å². The van der Waals surface area contributed by atoms with Crippen LogP contribution in [0, 0.1) is 11.8 Å². The van der Waals surface area contributed by atoms with Crippen molar-refractivity contribution in [2.45, 2.75) is 32.6 Å². The number of hydrogen-bond donors (Lipinski definition) is 1. The van der Waals surface area contributed by atoms with E-state index in [4.69, 9.17) is 0 Å². The molecular weight excluding hydrogens is 268 g/mol. The van der Waals surface area contributed by atoms with Crippen LogP contribution in [0.2, 0.25) is 0 Å². The Labute approximate surface area is 123 Å². The standard InChI is InChI=1S/C16H18N2O3/c1-10(19)17-11-6-8-12(9-7-11)18-15(20)13-4-2-3-5-14(13)16(18)21/h6-9,13-14H,2-5H2,1H3,(H,17,19)/t13-,14-/m1/s1. The summed E-state index contributed by atoms with van der Waals surface area (Å²) in [5.41, 5.74) is 1.25. The van der Waals surface area contributed by atoms with Gasteiger partial charge in [0.05, 0.1) is 17.5 Å². The molecule has 1 N–H and O–H groups in total. The minimum atomic E-state index is -0.151. The van der Waals surface area contributed by atoms with E-state index in [2.05, 4.69) is 5.32 Å². The van der Waals surface area contributed by atoms with E-state index in [1.165, 1.54) is 11.8 Å². The lowest BCUT2D eigenvalue weighted by atomic mass is 9.81. The Morgan fingerprint density at radius 2 is 1.57 bits per heavy atom. The maximum atomic E-state index is 12.4. The molecule has 2 aliphatic rings. The Morgan fingerprint density at radius 3 is 2.05 bits per heavy atom. The average molecular weight is 286 g/mol. The van der Waals surface area contributed by atoms with E-state index in [0.29, 0.717) is 11.4 Å². The van der Waals surface area contributed by atoms with E-state index in [1.54, 1.807) is 24.3 Å². The molecule has 5 nitrogen and oxygen atoms in total. The third-order valence-corrected chi connectivity index (χ3v) is 4.29. The van der Waals surface area contributed by atoms with Crippen molar-refractivity contribution in [1.82, 2.24) is 0 Å². The van der Waals surface area contributed by atoms with Gasteiger partial charge in [0.25, 0.3) is 0 Å². The van der Waals surface area contributed by atoms with Crippen LogP contribution in [0.3, 0.4) is 0 Å². The van der Waals surface area contributed by atoms with E-state index in [1.807, 2.05) is 0 Å². The van der Waals surface area contributed by atoms with Gasteiger partial charge in [0, 0.05) is 12.6 Å². The van der Waals surface area contributed by atoms with Crippen molar-refractivity contribution in [3.05, 3.63) is 24.3 Å². The normalized spacial score (nSPS) is 24.9. The predicted octanol–water partition coefficient (Wildman–Crippen LogP) is 2.32. The van der Waals surface area contributed by atoms with Crippen LogP contribution in [-0.2, 0) is 14.4 Å². The summed E-state index contributed by atoms with van der Waals surface area (Å²) in [5, 5.41) is 2.67. The Kier molecular flexibility index (Phi) is 3.49. The number of benzene rings is 1. The number of fused-ring (bicyclic) bond motifs is 1. The minimum Gasteiger partial charge on any atom is -0.326 e. The highest BCUT2D eigenvalue weighted by Gasteiger charge is 2.48. The first kappa shape index (κ1) is 13.8. The number of imide groups is 1. The Hall–Kier alpha value is -2.17. The van der Waals surface area contributed by atoms with Gasteiger partial charge in [-0.1, -0.05) is 12.8 Å². The lowest BCUT2D eigenvalue weighted by Gasteiger charge is -2.19. The lowest BCUT2D eigenvalue weighted by molar-refractivity contribution is -0.122. The Balaban J connectivity index is 1.84. The zero-order valence-corrected chi connectivity index (χ0v) is 12.0. The summed E-state index contributed by atoms with van der Waals surface area (Å²) in [5.74, 6) is -0.571. The maximum absolute atomic E-state index is 12.4. The second kappa shape index (κ2) is 5.31. The summed E-state index contributed by atoms with van der Waals surface area (Å²) < 4.78 is 0. The van der Waals surface area contributed by atoms with Crippen molar-refractivity contribution in [2.24, 2.45) is 11.8 Å². The summed E-state index contributed by atoms with van der Waals surface area (Å²) in [7, 11) is 0. The Bertz CT molecular complexity index is 570. The van der Waals surface area contributed by atoms with Crippen LogP contribution >= 0.6 is 0 Å². The molecule has 1 aliphatic carbocycles. The zero-order valence-electron chi connectivity index (χ0n) is 12.0. The molecule has 0 bridgehead atoms. The second-order valence-electron chi connectivity index (χ2n) is 5.74. The van der Waals surface area contributed by atoms with Crippen LogP contribution < -0.4 is 10.2 Å². The molecule has 5 heteroatoms. The van der Waals surface area contributed by atoms with Gasteiger partial charge in [-0.15, -0.1) is 0 Å². The largest absolute Gasteiger partial charge is 0.326 e. The molecule has 1 aromatic rings. The van der Waals surface area contributed by atoms with Gasteiger partial charge < -0.3 is 5.32 Å². The van der Waals surface area contributed by atoms with E-state index in [-0.39, 0.29) is 29.6 Å². The first-order valence-corrected chi connectivity index (χ1v) is 7.33. The molecule has 21 heavy (non-hydrogen) atoms. The van der Waals surface area contributed by atoms with E-state index in [9.17, 15) is 14.4 Å². The molecule has 0 aromatic heterocycles. The van der Waals surface area contributed by atoms with Crippen LogP contribution in [0.15, 0.2) is 24.3 Å². The van der Waals surface area contributed by atoms with Gasteiger partial charge in [-0.3, -0.25) is 19.3 Å². The minimum absolute atomic E-state index is 0.0722. The molecular formula is C16H18N2O3. The van der Waals surface area contributed by atoms with Crippen molar-refractivity contribution in [3.63, 3.8) is 0 Å². The third-order valence-electron chi connectivity index (χ3n) is 4.29. The number of anilines is 2. The maximum Gasteiger partial charge on any atom is 0.237 e. The smallest absolute Gasteiger partial charge is 0.237 e. The van der Waals surface area contributed by atoms with Crippen molar-refractivity contribution in [3.8, 4) is 0 Å². The van der Waals surface area contributed by atoms with E-state index < -0.39 is 0 Å². The highest BCUT2D eigenvalue weighted by atomic mass is 16.2. The van der Waals surface area contributed by atoms with Crippen LogP contribution in [0.4, 0.5) is 11.4 Å². The monoisotopic (exact) mass is 286 g/mol. The molecule has 1 aromatic carbocycles. The lowest BCUT2D eigenvalue weighted by Crippen LogP contribution is -2.30. The van der Waals surface area contributed by atoms with Crippen LogP contribution in [-0.4, -0.2) is 17.7 Å². The highest BCUT2D eigenvalue weighted by Crippen LogP contribution is 2.40. The average Bonchev–Trinajstić information content (AvgIpc) is 2.72. The molecule has 0 unspecified atom stereocenters. The van der Waals surface area contributed by atoms with Gasteiger partial charge >= 0.3 is 0 Å². The van der Waals surface area contributed by atoms with Crippen molar-refractivity contribution < 1.29 is 14.4 Å². The van der Waals surface area contributed by atoms with E-state index in [0.717, 1.165) is 25.7 Å². The fourth-order valence-electron chi connectivity index (χ4n) is 3.31. The van der Waals surface area contributed by atoms with Crippen molar-refractivity contribution in [1.29, 1.82) is 0 Å². The highest BCUT2D eigenvalue weighted by molar-refractivity contribution is 6.22. The number of amides is 3. The first-order chi connectivity index (χ1) is 10.1. The molecule has 1 heterocycles. The third kappa shape index (κ3) is 2.44. The van der Waals surface area contributed by atoms with Gasteiger partial charge in [-0.25, -0.2) is 0 Å². The number of rotatable bonds is 2. The summed E-state index contributed by atoms with van der Waals surface area (Å²) in [6.45, 7) is 1.44. The van der Waals surface area contributed by atoms with E-state index >= 15 is 0 Å². The number of nitrogens with zero attached hydrogens (tertiary/aromatic N) is 1. The molecule has 0 radical (unpaired) electrons. The number of carbonyl (C=O) groups is 3. The van der Waals surface area contributed by atoms with Gasteiger partial charge in [-0.05, 0) is 37.1 Å². The molecule has 1 saturated carbocycles. The van der Waals surface area contributed by atoms with Gasteiger partial charge in [0.1, 0.15) is 0 Å². The number of nitrogens with one attached hydrogen (secondary N) is 1. The molecule has 3 amide bonds. The van der Waals surface area contributed by atoms with Crippen molar-refractivity contribution in [2.75, 3.05) is 10.2 Å².